The standard InChI is InChI=1S/C16H14ClN3O/c1-20(2)14-7-4-11(5-8-14)16(21)19-13-6-3-12(10-18)15(17)9-13/h3-9H,1-2H3,(H,19,21). The monoisotopic (exact) mass is 299 g/mol. The molecule has 106 valence electrons. The second-order valence-electron chi connectivity index (χ2n) is 4.70. The van der Waals surface area contributed by atoms with Gasteiger partial charge in [-0.2, -0.15) is 5.26 Å². The normalized spacial score (nSPS) is 9.81. The van der Waals surface area contributed by atoms with E-state index in [1.165, 1.54) is 0 Å². The van der Waals surface area contributed by atoms with Gasteiger partial charge in [-0.3, -0.25) is 4.79 Å². The molecule has 4 nitrogen and oxygen atoms in total. The fraction of sp³-hybridized carbons (Fsp3) is 0.125. The van der Waals surface area contributed by atoms with E-state index in [0.717, 1.165) is 5.69 Å². The molecular formula is C16H14ClN3O. The predicted octanol–water partition coefficient (Wildman–Crippen LogP) is 3.53. The molecular weight excluding hydrogens is 286 g/mol. The maximum atomic E-state index is 12.1. The molecule has 1 N–H and O–H groups in total. The van der Waals surface area contributed by atoms with Crippen LogP contribution in [-0.4, -0.2) is 20.0 Å². The Balaban J connectivity index is 2.14. The fourth-order valence-corrected chi connectivity index (χ4v) is 2.02. The summed E-state index contributed by atoms with van der Waals surface area (Å²) in [7, 11) is 3.88. The Hall–Kier alpha value is -2.51. The first kappa shape index (κ1) is 14.9. The zero-order valence-electron chi connectivity index (χ0n) is 11.7. The maximum Gasteiger partial charge on any atom is 0.255 e. The molecule has 0 saturated carbocycles. The number of benzene rings is 2. The van der Waals surface area contributed by atoms with Gasteiger partial charge in [-0.25, -0.2) is 0 Å². The molecule has 0 aromatic heterocycles. The summed E-state index contributed by atoms with van der Waals surface area (Å²) < 4.78 is 0. The van der Waals surface area contributed by atoms with Crippen LogP contribution in [0.3, 0.4) is 0 Å². The second kappa shape index (κ2) is 6.29. The van der Waals surface area contributed by atoms with Gasteiger partial charge in [-0.1, -0.05) is 11.6 Å². The summed E-state index contributed by atoms with van der Waals surface area (Å²) in [5.41, 5.74) is 2.51. The van der Waals surface area contributed by atoms with Gasteiger partial charge in [0.2, 0.25) is 0 Å². The molecule has 0 saturated heterocycles. The van der Waals surface area contributed by atoms with Gasteiger partial charge in [-0.05, 0) is 42.5 Å². The van der Waals surface area contributed by atoms with Crippen LogP contribution in [0.5, 0.6) is 0 Å². The lowest BCUT2D eigenvalue weighted by Gasteiger charge is -2.12. The molecule has 0 spiro atoms. The number of amides is 1. The van der Waals surface area contributed by atoms with E-state index in [4.69, 9.17) is 16.9 Å². The van der Waals surface area contributed by atoms with Crippen LogP contribution in [0.4, 0.5) is 11.4 Å². The average Bonchev–Trinajstić information content (AvgIpc) is 2.47. The molecule has 0 bridgehead atoms. The Kier molecular flexibility index (Phi) is 4.46. The Labute approximate surface area is 128 Å². The smallest absolute Gasteiger partial charge is 0.255 e. The lowest BCUT2D eigenvalue weighted by Crippen LogP contribution is -2.13. The van der Waals surface area contributed by atoms with Crippen molar-refractivity contribution in [3.8, 4) is 6.07 Å². The van der Waals surface area contributed by atoms with Crippen LogP contribution in [-0.2, 0) is 0 Å². The average molecular weight is 300 g/mol. The SMILES string of the molecule is CN(C)c1ccc(C(=O)Nc2ccc(C#N)c(Cl)c2)cc1. The van der Waals surface area contributed by atoms with Crippen LogP contribution in [0.1, 0.15) is 15.9 Å². The van der Waals surface area contributed by atoms with Crippen molar-refractivity contribution in [3.63, 3.8) is 0 Å². The first-order chi connectivity index (χ1) is 10.0. The molecule has 2 rings (SSSR count). The summed E-state index contributed by atoms with van der Waals surface area (Å²) in [6, 6.07) is 14.0. The number of carbonyl (C=O) groups is 1. The van der Waals surface area contributed by atoms with E-state index in [1.54, 1.807) is 30.3 Å². The molecule has 0 radical (unpaired) electrons. The van der Waals surface area contributed by atoms with E-state index in [-0.39, 0.29) is 5.91 Å². The Morgan fingerprint density at radius 2 is 1.86 bits per heavy atom. The second-order valence-corrected chi connectivity index (χ2v) is 5.11. The van der Waals surface area contributed by atoms with Crippen molar-refractivity contribution in [1.29, 1.82) is 5.26 Å². The third-order valence-corrected chi connectivity index (χ3v) is 3.31. The Bertz CT molecular complexity index is 702. The van der Waals surface area contributed by atoms with E-state index < -0.39 is 0 Å². The summed E-state index contributed by atoms with van der Waals surface area (Å²) >= 11 is 5.94. The molecule has 1 amide bonds. The number of anilines is 2. The highest BCUT2D eigenvalue weighted by Gasteiger charge is 2.08. The number of nitrogens with zero attached hydrogens (tertiary/aromatic N) is 2. The summed E-state index contributed by atoms with van der Waals surface area (Å²) in [5.74, 6) is -0.221. The first-order valence-corrected chi connectivity index (χ1v) is 6.67. The largest absolute Gasteiger partial charge is 0.378 e. The molecule has 0 atom stereocenters. The van der Waals surface area contributed by atoms with Gasteiger partial charge in [0.25, 0.3) is 5.91 Å². The Morgan fingerprint density at radius 3 is 2.38 bits per heavy atom. The number of hydrogen-bond acceptors (Lipinski definition) is 3. The topological polar surface area (TPSA) is 56.1 Å². The summed E-state index contributed by atoms with van der Waals surface area (Å²) in [4.78, 5) is 14.1. The van der Waals surface area contributed by atoms with Gasteiger partial charge < -0.3 is 10.2 Å². The molecule has 0 aliphatic heterocycles. The molecule has 0 aliphatic carbocycles. The number of carbonyl (C=O) groups excluding carboxylic acids is 1. The van der Waals surface area contributed by atoms with E-state index in [2.05, 4.69) is 5.32 Å². The van der Waals surface area contributed by atoms with Crippen LogP contribution in [0.25, 0.3) is 0 Å². The van der Waals surface area contributed by atoms with Crippen LogP contribution < -0.4 is 10.2 Å². The minimum absolute atomic E-state index is 0.221. The number of halogens is 1. The molecule has 0 heterocycles. The van der Waals surface area contributed by atoms with Gasteiger partial charge in [0.05, 0.1) is 10.6 Å². The quantitative estimate of drug-likeness (QED) is 0.943. The molecule has 21 heavy (non-hydrogen) atoms. The summed E-state index contributed by atoms with van der Waals surface area (Å²) in [6.07, 6.45) is 0. The predicted molar refractivity (Wildman–Crippen MR) is 84.9 cm³/mol. The molecule has 0 unspecified atom stereocenters. The number of hydrogen-bond donors (Lipinski definition) is 1. The molecule has 0 fully saturated rings. The van der Waals surface area contributed by atoms with Crippen molar-refractivity contribution in [1.82, 2.24) is 0 Å². The highest BCUT2D eigenvalue weighted by atomic mass is 35.5. The summed E-state index contributed by atoms with van der Waals surface area (Å²) in [6.45, 7) is 0. The fourth-order valence-electron chi connectivity index (χ4n) is 1.80. The maximum absolute atomic E-state index is 12.1. The van der Waals surface area contributed by atoms with Crippen molar-refractivity contribution >= 4 is 28.9 Å². The molecule has 5 heteroatoms. The van der Waals surface area contributed by atoms with Crippen LogP contribution in [0.2, 0.25) is 5.02 Å². The molecule has 2 aromatic carbocycles. The zero-order chi connectivity index (χ0) is 15.4. The minimum Gasteiger partial charge on any atom is -0.378 e. The zero-order valence-corrected chi connectivity index (χ0v) is 12.5. The van der Waals surface area contributed by atoms with Crippen molar-refractivity contribution in [3.05, 3.63) is 58.6 Å². The highest BCUT2D eigenvalue weighted by molar-refractivity contribution is 6.32. The van der Waals surface area contributed by atoms with Crippen molar-refractivity contribution in [2.45, 2.75) is 0 Å². The third kappa shape index (κ3) is 3.53. The van der Waals surface area contributed by atoms with E-state index in [1.807, 2.05) is 37.2 Å². The van der Waals surface area contributed by atoms with Gasteiger partial charge in [-0.15, -0.1) is 0 Å². The lowest BCUT2D eigenvalue weighted by atomic mass is 10.1. The van der Waals surface area contributed by atoms with Crippen molar-refractivity contribution in [2.75, 3.05) is 24.3 Å². The molecule has 0 aliphatic rings. The first-order valence-electron chi connectivity index (χ1n) is 6.29. The van der Waals surface area contributed by atoms with Gasteiger partial charge in [0.1, 0.15) is 6.07 Å². The number of nitrogens with one attached hydrogen (secondary N) is 1. The summed E-state index contributed by atoms with van der Waals surface area (Å²) in [5, 5.41) is 11.9. The van der Waals surface area contributed by atoms with Crippen LogP contribution in [0.15, 0.2) is 42.5 Å². The van der Waals surface area contributed by atoms with E-state index in [9.17, 15) is 4.79 Å². The lowest BCUT2D eigenvalue weighted by molar-refractivity contribution is 0.102. The van der Waals surface area contributed by atoms with Gasteiger partial charge >= 0.3 is 0 Å². The van der Waals surface area contributed by atoms with E-state index in [0.29, 0.717) is 21.8 Å². The molecule has 2 aromatic rings. The van der Waals surface area contributed by atoms with Crippen molar-refractivity contribution in [2.24, 2.45) is 0 Å². The number of nitriles is 1. The van der Waals surface area contributed by atoms with Crippen LogP contribution >= 0.6 is 11.6 Å². The van der Waals surface area contributed by atoms with Crippen LogP contribution in [0, 0.1) is 11.3 Å². The minimum atomic E-state index is -0.221. The van der Waals surface area contributed by atoms with Gasteiger partial charge in [0.15, 0.2) is 0 Å². The Morgan fingerprint density at radius 1 is 1.19 bits per heavy atom. The van der Waals surface area contributed by atoms with Crippen molar-refractivity contribution < 1.29 is 4.79 Å². The van der Waals surface area contributed by atoms with E-state index >= 15 is 0 Å². The highest BCUT2D eigenvalue weighted by Crippen LogP contribution is 2.21. The number of rotatable bonds is 3. The van der Waals surface area contributed by atoms with Gasteiger partial charge in [0, 0.05) is 31.0 Å². The third-order valence-electron chi connectivity index (χ3n) is 2.99.